The summed E-state index contributed by atoms with van der Waals surface area (Å²) < 4.78 is 28.2. The molecule has 0 spiro atoms. The predicted octanol–water partition coefficient (Wildman–Crippen LogP) is 3.08. The Kier molecular flexibility index (Phi) is 4.29. The maximum absolute atomic E-state index is 12.2. The Labute approximate surface area is 124 Å². The zero-order chi connectivity index (χ0) is 14.0. The second-order valence-corrected chi connectivity index (χ2v) is 7.98. The minimum absolute atomic E-state index is 0.273. The molecule has 0 unspecified atom stereocenters. The van der Waals surface area contributed by atoms with Crippen LogP contribution in [0.4, 0.5) is 5.69 Å². The summed E-state index contributed by atoms with van der Waals surface area (Å²) in [5.41, 5.74) is 6.92. The maximum Gasteiger partial charge on any atom is 0.271 e. The van der Waals surface area contributed by atoms with Crippen LogP contribution in [0.5, 0.6) is 0 Å². The highest BCUT2D eigenvalue weighted by Gasteiger charge is 2.17. The van der Waals surface area contributed by atoms with Crippen LogP contribution < -0.4 is 10.5 Å². The molecule has 0 aliphatic carbocycles. The Balaban J connectivity index is 2.30. The summed E-state index contributed by atoms with van der Waals surface area (Å²) in [7, 11) is -3.54. The summed E-state index contributed by atoms with van der Waals surface area (Å²) in [5, 5.41) is 0. The van der Waals surface area contributed by atoms with E-state index >= 15 is 0 Å². The molecule has 102 valence electrons. The van der Waals surface area contributed by atoms with Gasteiger partial charge in [-0.1, -0.05) is 15.9 Å². The molecular weight excluding hydrogens is 348 g/mol. The lowest BCUT2D eigenvalue weighted by molar-refractivity contribution is 0.603. The second kappa shape index (κ2) is 5.62. The lowest BCUT2D eigenvalue weighted by atomic mass is 10.2. The Morgan fingerprint density at radius 3 is 2.63 bits per heavy atom. The number of aryl methyl sites for hydroxylation is 1. The van der Waals surface area contributed by atoms with Crippen LogP contribution in [0.2, 0.25) is 0 Å². The number of halogens is 1. The van der Waals surface area contributed by atoms with Crippen molar-refractivity contribution in [2.45, 2.75) is 17.7 Å². The first-order valence-corrected chi connectivity index (χ1v) is 8.59. The average molecular weight is 361 g/mol. The lowest BCUT2D eigenvalue weighted by Gasteiger charge is -2.09. The molecule has 0 saturated heterocycles. The minimum Gasteiger partial charge on any atom is -0.326 e. The fourth-order valence-corrected chi connectivity index (χ4v) is 4.39. The first-order chi connectivity index (χ1) is 8.92. The maximum atomic E-state index is 12.2. The molecule has 0 bridgehead atoms. The van der Waals surface area contributed by atoms with E-state index in [2.05, 4.69) is 20.7 Å². The smallest absolute Gasteiger partial charge is 0.271 e. The third-order valence-corrected chi connectivity index (χ3v) is 5.99. The normalized spacial score (nSPS) is 11.5. The van der Waals surface area contributed by atoms with E-state index in [1.807, 2.05) is 13.0 Å². The summed E-state index contributed by atoms with van der Waals surface area (Å²) >= 11 is 4.53. The molecule has 2 rings (SSSR count). The zero-order valence-electron chi connectivity index (χ0n) is 10.2. The van der Waals surface area contributed by atoms with E-state index in [-0.39, 0.29) is 4.21 Å². The van der Waals surface area contributed by atoms with Crippen molar-refractivity contribution < 1.29 is 8.42 Å². The summed E-state index contributed by atoms with van der Waals surface area (Å²) in [6.45, 7) is 2.19. The molecule has 4 nitrogen and oxygen atoms in total. The van der Waals surface area contributed by atoms with Gasteiger partial charge in [0.05, 0.1) is 5.69 Å². The highest BCUT2D eigenvalue weighted by Crippen LogP contribution is 2.26. The molecule has 1 aromatic carbocycles. The van der Waals surface area contributed by atoms with Crippen molar-refractivity contribution in [3.8, 4) is 0 Å². The first-order valence-electron chi connectivity index (χ1n) is 5.50. The molecule has 0 amide bonds. The van der Waals surface area contributed by atoms with Crippen LogP contribution in [-0.2, 0) is 16.6 Å². The number of anilines is 1. The van der Waals surface area contributed by atoms with Gasteiger partial charge in [-0.15, -0.1) is 11.3 Å². The van der Waals surface area contributed by atoms with Crippen molar-refractivity contribution in [2.24, 2.45) is 5.73 Å². The van der Waals surface area contributed by atoms with Crippen molar-refractivity contribution in [1.29, 1.82) is 0 Å². The molecular formula is C12H13BrN2O2S2. The van der Waals surface area contributed by atoms with Crippen LogP contribution >= 0.6 is 27.3 Å². The number of nitrogens with one attached hydrogen (secondary N) is 1. The van der Waals surface area contributed by atoms with E-state index in [1.54, 1.807) is 24.3 Å². The Morgan fingerprint density at radius 1 is 1.32 bits per heavy atom. The van der Waals surface area contributed by atoms with Gasteiger partial charge in [0.1, 0.15) is 4.21 Å². The van der Waals surface area contributed by atoms with Crippen molar-refractivity contribution in [3.63, 3.8) is 0 Å². The molecule has 0 aliphatic rings. The molecule has 1 aromatic heterocycles. The van der Waals surface area contributed by atoms with Gasteiger partial charge in [-0.2, -0.15) is 0 Å². The van der Waals surface area contributed by atoms with Gasteiger partial charge in [0, 0.05) is 15.9 Å². The van der Waals surface area contributed by atoms with Crippen molar-refractivity contribution in [1.82, 2.24) is 0 Å². The van der Waals surface area contributed by atoms with Gasteiger partial charge in [-0.25, -0.2) is 8.42 Å². The van der Waals surface area contributed by atoms with Crippen LogP contribution in [0.25, 0.3) is 0 Å². The van der Waals surface area contributed by atoms with Crippen LogP contribution in [0.1, 0.15) is 10.4 Å². The topological polar surface area (TPSA) is 72.2 Å². The molecule has 3 N–H and O–H groups in total. The van der Waals surface area contributed by atoms with Crippen LogP contribution in [0.3, 0.4) is 0 Å². The van der Waals surface area contributed by atoms with Crippen LogP contribution in [0.15, 0.2) is 39.0 Å². The minimum atomic E-state index is -3.54. The summed E-state index contributed by atoms with van der Waals surface area (Å²) in [4.78, 5) is 0.841. The molecule has 7 heteroatoms. The van der Waals surface area contributed by atoms with Crippen molar-refractivity contribution in [2.75, 3.05) is 4.72 Å². The lowest BCUT2D eigenvalue weighted by Crippen LogP contribution is -2.12. The van der Waals surface area contributed by atoms with E-state index in [9.17, 15) is 8.42 Å². The average Bonchev–Trinajstić information content (AvgIpc) is 2.82. The third-order valence-electron chi connectivity index (χ3n) is 2.54. The van der Waals surface area contributed by atoms with Gasteiger partial charge in [-0.05, 0) is 42.8 Å². The number of benzene rings is 1. The molecule has 0 atom stereocenters. The first kappa shape index (κ1) is 14.5. The Hall–Kier alpha value is -0.890. The largest absolute Gasteiger partial charge is 0.326 e. The van der Waals surface area contributed by atoms with E-state index in [1.165, 1.54) is 11.3 Å². The van der Waals surface area contributed by atoms with E-state index < -0.39 is 10.0 Å². The highest BCUT2D eigenvalue weighted by molar-refractivity contribution is 9.10. The second-order valence-electron chi connectivity index (χ2n) is 3.99. The molecule has 0 radical (unpaired) electrons. The van der Waals surface area contributed by atoms with Gasteiger partial charge in [0.25, 0.3) is 10.0 Å². The fraction of sp³-hybridized carbons (Fsp3) is 0.167. The highest BCUT2D eigenvalue weighted by atomic mass is 79.9. The van der Waals surface area contributed by atoms with Gasteiger partial charge in [0.15, 0.2) is 0 Å². The molecule has 19 heavy (non-hydrogen) atoms. The number of thiophene rings is 1. The van der Waals surface area contributed by atoms with Gasteiger partial charge >= 0.3 is 0 Å². The van der Waals surface area contributed by atoms with Crippen molar-refractivity contribution in [3.05, 3.63) is 45.2 Å². The fourth-order valence-electron chi connectivity index (χ4n) is 1.55. The number of sulfonamides is 1. The Bertz CT molecular complexity index is 696. The summed E-state index contributed by atoms with van der Waals surface area (Å²) in [6.07, 6.45) is 0. The molecule has 0 fully saturated rings. The van der Waals surface area contributed by atoms with Gasteiger partial charge in [-0.3, -0.25) is 4.72 Å². The monoisotopic (exact) mass is 360 g/mol. The SMILES string of the molecule is Cc1cc(Br)ccc1NS(=O)(=O)c1ccc(CN)s1. The molecule has 1 heterocycles. The number of rotatable bonds is 4. The molecule has 0 saturated carbocycles. The Morgan fingerprint density at radius 2 is 2.05 bits per heavy atom. The van der Waals surface area contributed by atoms with Crippen LogP contribution in [-0.4, -0.2) is 8.42 Å². The third kappa shape index (κ3) is 3.36. The van der Waals surface area contributed by atoms with E-state index in [4.69, 9.17) is 5.73 Å². The molecule has 0 aliphatic heterocycles. The van der Waals surface area contributed by atoms with Gasteiger partial charge < -0.3 is 5.73 Å². The summed E-state index contributed by atoms with van der Waals surface area (Å²) in [6, 6.07) is 8.69. The van der Waals surface area contributed by atoms with Crippen LogP contribution in [0, 0.1) is 6.92 Å². The quantitative estimate of drug-likeness (QED) is 0.879. The molecule has 2 aromatic rings. The zero-order valence-corrected chi connectivity index (χ0v) is 13.4. The van der Waals surface area contributed by atoms with Crippen molar-refractivity contribution >= 4 is 43.0 Å². The van der Waals surface area contributed by atoms with Gasteiger partial charge in [0.2, 0.25) is 0 Å². The standard InChI is InChI=1S/C12H13BrN2O2S2/c1-8-6-9(13)2-4-11(8)15-19(16,17)12-5-3-10(7-14)18-12/h2-6,15H,7,14H2,1H3. The number of hydrogen-bond acceptors (Lipinski definition) is 4. The van der Waals surface area contributed by atoms with E-state index in [0.29, 0.717) is 12.2 Å². The summed E-state index contributed by atoms with van der Waals surface area (Å²) in [5.74, 6) is 0. The number of hydrogen-bond donors (Lipinski definition) is 2. The van der Waals surface area contributed by atoms with E-state index in [0.717, 1.165) is 14.9 Å². The number of nitrogens with two attached hydrogens (primary N) is 1. The predicted molar refractivity (Wildman–Crippen MR) is 81.9 cm³/mol.